The summed E-state index contributed by atoms with van der Waals surface area (Å²) in [5.74, 6) is 0.178. The summed E-state index contributed by atoms with van der Waals surface area (Å²) in [6.07, 6.45) is 0.290. The van der Waals surface area contributed by atoms with E-state index in [4.69, 9.17) is 14.2 Å². The van der Waals surface area contributed by atoms with E-state index in [1.807, 2.05) is 20.8 Å². The highest BCUT2D eigenvalue weighted by atomic mass is 16.6. The number of nitrogens with zero attached hydrogens (tertiary/aromatic N) is 1. The van der Waals surface area contributed by atoms with Crippen molar-refractivity contribution >= 4 is 12.1 Å². The van der Waals surface area contributed by atoms with Crippen LogP contribution in [0.1, 0.15) is 42.3 Å². The van der Waals surface area contributed by atoms with Crippen LogP contribution in [0.4, 0.5) is 4.79 Å². The van der Waals surface area contributed by atoms with Gasteiger partial charge < -0.3 is 19.1 Å². The quantitative estimate of drug-likeness (QED) is 0.784. The molecule has 6 heteroatoms. The van der Waals surface area contributed by atoms with Crippen molar-refractivity contribution in [3.63, 3.8) is 0 Å². The summed E-state index contributed by atoms with van der Waals surface area (Å²) >= 11 is 0. The van der Waals surface area contributed by atoms with Crippen molar-refractivity contribution < 1.29 is 23.8 Å². The minimum atomic E-state index is -0.532. The Kier molecular flexibility index (Phi) is 4.82. The number of ether oxygens (including phenoxy) is 3. The number of rotatable bonds is 2. The number of carbonyl (C=O) groups excluding carboxylic acids is 2. The van der Waals surface area contributed by atoms with Crippen molar-refractivity contribution in [1.82, 2.24) is 4.90 Å². The highest BCUT2D eigenvalue weighted by molar-refractivity contribution is 5.90. The number of fused-ring (bicyclic) bond motifs is 1. The van der Waals surface area contributed by atoms with Gasteiger partial charge in [-0.3, -0.25) is 0 Å². The fraction of sp³-hybridized carbons (Fsp3) is 0.529. The zero-order valence-electron chi connectivity index (χ0n) is 14.3. The normalized spacial score (nSPS) is 14.0. The molecule has 1 amide bonds. The minimum absolute atomic E-state index is 0.345. The lowest BCUT2D eigenvalue weighted by atomic mass is 9.96. The number of esters is 1. The summed E-state index contributed by atoms with van der Waals surface area (Å²) in [4.78, 5) is 25.6. The van der Waals surface area contributed by atoms with Crippen LogP contribution < -0.4 is 4.74 Å². The second-order valence-corrected chi connectivity index (χ2v) is 6.46. The number of benzene rings is 1. The highest BCUT2D eigenvalue weighted by Gasteiger charge is 2.28. The van der Waals surface area contributed by atoms with Crippen molar-refractivity contribution in [2.24, 2.45) is 0 Å². The molecule has 1 aliphatic heterocycles. The van der Waals surface area contributed by atoms with Crippen molar-refractivity contribution in [2.75, 3.05) is 20.8 Å². The van der Waals surface area contributed by atoms with E-state index in [1.54, 1.807) is 24.1 Å². The van der Waals surface area contributed by atoms with E-state index in [9.17, 15) is 9.59 Å². The molecular weight excluding hydrogens is 298 g/mol. The topological polar surface area (TPSA) is 65.1 Å². The Morgan fingerprint density at radius 3 is 2.43 bits per heavy atom. The SMILES string of the molecule is COC(=O)c1cc2c(c(OC)c1)CN(C(=O)OC(C)(C)C)CC2. The lowest BCUT2D eigenvalue weighted by Crippen LogP contribution is -2.40. The summed E-state index contributed by atoms with van der Waals surface area (Å²) in [5.41, 5.74) is 1.81. The maximum Gasteiger partial charge on any atom is 0.410 e. The Hall–Kier alpha value is -2.24. The van der Waals surface area contributed by atoms with Gasteiger partial charge in [0.1, 0.15) is 11.4 Å². The van der Waals surface area contributed by atoms with Crippen LogP contribution in [0, 0.1) is 0 Å². The Morgan fingerprint density at radius 1 is 1.17 bits per heavy atom. The molecule has 23 heavy (non-hydrogen) atoms. The Balaban J connectivity index is 2.27. The van der Waals surface area contributed by atoms with E-state index >= 15 is 0 Å². The lowest BCUT2D eigenvalue weighted by Gasteiger charge is -2.32. The minimum Gasteiger partial charge on any atom is -0.496 e. The molecule has 1 aromatic carbocycles. The van der Waals surface area contributed by atoms with Crippen molar-refractivity contribution in [2.45, 2.75) is 39.3 Å². The van der Waals surface area contributed by atoms with E-state index in [-0.39, 0.29) is 6.09 Å². The molecule has 2 rings (SSSR count). The highest BCUT2D eigenvalue weighted by Crippen LogP contribution is 2.30. The zero-order valence-corrected chi connectivity index (χ0v) is 14.3. The zero-order chi connectivity index (χ0) is 17.2. The third-order valence-corrected chi connectivity index (χ3v) is 3.59. The van der Waals surface area contributed by atoms with E-state index in [2.05, 4.69) is 0 Å². The third-order valence-electron chi connectivity index (χ3n) is 3.59. The van der Waals surface area contributed by atoms with Gasteiger partial charge in [-0.05, 0) is 44.9 Å². The summed E-state index contributed by atoms with van der Waals surface area (Å²) in [6, 6.07) is 3.44. The lowest BCUT2D eigenvalue weighted by molar-refractivity contribution is 0.0222. The standard InChI is InChI=1S/C17H23NO5/c1-17(2,3)23-16(20)18-7-6-11-8-12(15(19)22-5)9-14(21-4)13(11)10-18/h8-9H,6-7,10H2,1-5H3. The van der Waals surface area contributed by atoms with Gasteiger partial charge in [-0.15, -0.1) is 0 Å². The maximum absolute atomic E-state index is 12.2. The molecular formula is C17H23NO5. The van der Waals surface area contributed by atoms with Crippen molar-refractivity contribution in [3.05, 3.63) is 28.8 Å². The van der Waals surface area contributed by atoms with E-state index in [1.165, 1.54) is 7.11 Å². The first-order valence-corrected chi connectivity index (χ1v) is 7.51. The predicted molar refractivity (Wildman–Crippen MR) is 84.7 cm³/mol. The Bertz CT molecular complexity index is 601. The smallest absolute Gasteiger partial charge is 0.410 e. The summed E-state index contributed by atoms with van der Waals surface area (Å²) < 4.78 is 15.6. The van der Waals surface area contributed by atoms with Gasteiger partial charge in [0.05, 0.1) is 26.3 Å². The van der Waals surface area contributed by atoms with Gasteiger partial charge in [-0.25, -0.2) is 9.59 Å². The molecule has 0 spiro atoms. The second-order valence-electron chi connectivity index (χ2n) is 6.46. The number of carbonyl (C=O) groups is 2. The molecule has 0 aliphatic carbocycles. The van der Waals surface area contributed by atoms with Crippen LogP contribution in [0.25, 0.3) is 0 Å². The molecule has 1 heterocycles. The molecule has 0 unspecified atom stereocenters. The van der Waals surface area contributed by atoms with Crippen molar-refractivity contribution in [3.8, 4) is 5.75 Å². The molecule has 1 aliphatic rings. The maximum atomic E-state index is 12.2. The largest absolute Gasteiger partial charge is 0.496 e. The molecule has 0 atom stereocenters. The van der Waals surface area contributed by atoms with Crippen LogP contribution in [0.3, 0.4) is 0 Å². The van der Waals surface area contributed by atoms with E-state index < -0.39 is 11.6 Å². The Morgan fingerprint density at radius 2 is 1.87 bits per heavy atom. The van der Waals surface area contributed by atoms with Crippen LogP contribution in [0.2, 0.25) is 0 Å². The van der Waals surface area contributed by atoms with Crippen LogP contribution in [-0.4, -0.2) is 43.3 Å². The molecule has 0 bridgehead atoms. The molecule has 1 aromatic rings. The Labute approximate surface area is 136 Å². The van der Waals surface area contributed by atoms with Crippen LogP contribution >= 0.6 is 0 Å². The number of amides is 1. The molecule has 126 valence electrons. The summed E-state index contributed by atoms with van der Waals surface area (Å²) in [7, 11) is 2.89. The summed E-state index contributed by atoms with van der Waals surface area (Å²) in [6.45, 7) is 6.45. The predicted octanol–water partition coefficient (Wildman–Crippen LogP) is 2.78. The van der Waals surface area contributed by atoms with Gasteiger partial charge in [0, 0.05) is 12.1 Å². The molecule has 0 aromatic heterocycles. The van der Waals surface area contributed by atoms with E-state index in [0.29, 0.717) is 30.8 Å². The van der Waals surface area contributed by atoms with Crippen LogP contribution in [-0.2, 0) is 22.4 Å². The molecule has 0 saturated heterocycles. The van der Waals surface area contributed by atoms with Gasteiger partial charge in [-0.1, -0.05) is 0 Å². The molecule has 6 nitrogen and oxygen atoms in total. The van der Waals surface area contributed by atoms with Gasteiger partial charge in [0.2, 0.25) is 0 Å². The fourth-order valence-corrected chi connectivity index (χ4v) is 2.53. The first-order chi connectivity index (χ1) is 10.7. The van der Waals surface area contributed by atoms with Gasteiger partial charge in [-0.2, -0.15) is 0 Å². The molecule has 0 fully saturated rings. The number of methoxy groups -OCH3 is 2. The monoisotopic (exact) mass is 321 g/mol. The second kappa shape index (κ2) is 6.48. The van der Waals surface area contributed by atoms with Gasteiger partial charge in [0.15, 0.2) is 0 Å². The first-order valence-electron chi connectivity index (χ1n) is 7.51. The molecule has 0 radical (unpaired) electrons. The van der Waals surface area contributed by atoms with Gasteiger partial charge in [0.25, 0.3) is 0 Å². The fourth-order valence-electron chi connectivity index (χ4n) is 2.53. The number of hydrogen-bond acceptors (Lipinski definition) is 5. The summed E-state index contributed by atoms with van der Waals surface area (Å²) in [5, 5.41) is 0. The van der Waals surface area contributed by atoms with Crippen molar-refractivity contribution in [1.29, 1.82) is 0 Å². The van der Waals surface area contributed by atoms with Crippen LogP contribution in [0.5, 0.6) is 5.75 Å². The first kappa shape index (κ1) is 17.1. The van der Waals surface area contributed by atoms with Gasteiger partial charge >= 0.3 is 12.1 Å². The third kappa shape index (κ3) is 3.94. The average molecular weight is 321 g/mol. The van der Waals surface area contributed by atoms with Crippen LogP contribution in [0.15, 0.2) is 12.1 Å². The average Bonchev–Trinajstić information content (AvgIpc) is 2.50. The number of hydrogen-bond donors (Lipinski definition) is 0. The molecule has 0 N–H and O–H groups in total. The van der Waals surface area contributed by atoms with E-state index in [0.717, 1.165) is 11.1 Å². The molecule has 0 saturated carbocycles.